The van der Waals surface area contributed by atoms with E-state index < -0.39 is 74.5 Å². The number of amides is 2. The van der Waals surface area contributed by atoms with E-state index in [1.54, 1.807) is 0 Å². The minimum absolute atomic E-state index is 0.0606. The van der Waals surface area contributed by atoms with Crippen LogP contribution in [0, 0.1) is 0 Å². The maximum absolute atomic E-state index is 14.2. The minimum Gasteiger partial charge on any atom is -0.319 e. The van der Waals surface area contributed by atoms with Gasteiger partial charge in [-0.25, -0.2) is 0 Å². The van der Waals surface area contributed by atoms with E-state index in [0.29, 0.717) is 24.3 Å². The summed E-state index contributed by atoms with van der Waals surface area (Å²) in [5.74, 6) is -26.4. The summed E-state index contributed by atoms with van der Waals surface area (Å²) in [7, 11) is 0. The van der Waals surface area contributed by atoms with E-state index in [-0.39, 0.29) is 12.1 Å². The molecule has 0 heterocycles. The van der Waals surface area contributed by atoms with Crippen LogP contribution in [0.25, 0.3) is 0 Å². The van der Waals surface area contributed by atoms with Crippen molar-refractivity contribution in [1.82, 2.24) is 0 Å². The molecule has 0 radical (unpaired) electrons. The zero-order chi connectivity index (χ0) is 28.8. The molecule has 0 saturated carbocycles. The molecule has 0 aliphatic carbocycles. The molecule has 0 unspecified atom stereocenters. The van der Waals surface area contributed by atoms with Crippen LogP contribution < -0.4 is 10.6 Å². The molecule has 2 amide bonds. The van der Waals surface area contributed by atoms with Crippen LogP contribution in [0.4, 0.5) is 64.1 Å². The highest BCUT2D eigenvalue weighted by Crippen LogP contribution is 2.47. The Morgan fingerprint density at radius 3 is 1.14 bits per heavy atom. The van der Waals surface area contributed by atoms with Gasteiger partial charge in [-0.2, -0.15) is 52.7 Å². The lowest BCUT2D eigenvalue weighted by Gasteiger charge is -2.31. The molecule has 4 nitrogen and oxygen atoms in total. The fraction of sp³-hybridized carbons (Fsp3) is 0.263. The number of halogens is 14. The molecule has 2 N–H and O–H groups in total. The number of rotatable bonds is 6. The van der Waals surface area contributed by atoms with Gasteiger partial charge >= 0.3 is 41.9 Å². The van der Waals surface area contributed by atoms with Crippen LogP contribution in [-0.4, -0.2) is 29.6 Å². The highest BCUT2D eigenvalue weighted by atomic mass is 35.5. The van der Waals surface area contributed by atoms with Crippen molar-refractivity contribution in [2.45, 2.75) is 30.1 Å². The molecule has 0 spiro atoms. The molecular formula is C19H8Cl2F12N2O2. The van der Waals surface area contributed by atoms with Crippen molar-refractivity contribution >= 4 is 46.4 Å². The third-order valence-electron chi connectivity index (χ3n) is 4.44. The maximum Gasteiger partial charge on any atom is 0.416 e. The molecule has 37 heavy (non-hydrogen) atoms. The Hall–Kier alpha value is -2.88. The second kappa shape index (κ2) is 9.78. The number of benzene rings is 2. The first-order valence-electron chi connectivity index (χ1n) is 9.03. The van der Waals surface area contributed by atoms with Gasteiger partial charge in [0.1, 0.15) is 0 Å². The summed E-state index contributed by atoms with van der Waals surface area (Å²) in [4.78, 5) is 23.5. The number of nitrogens with one attached hydrogen (secondary N) is 2. The van der Waals surface area contributed by atoms with Crippen LogP contribution in [0.3, 0.4) is 0 Å². The summed E-state index contributed by atoms with van der Waals surface area (Å²) in [5.41, 5.74) is -5.82. The number of hydrogen-bond donors (Lipinski definition) is 2. The monoisotopic (exact) mass is 594 g/mol. The van der Waals surface area contributed by atoms with Crippen molar-refractivity contribution in [3.05, 3.63) is 57.6 Å². The molecule has 0 aliphatic heterocycles. The summed E-state index contributed by atoms with van der Waals surface area (Å²) >= 11 is 10.9. The van der Waals surface area contributed by atoms with Crippen LogP contribution >= 0.6 is 23.2 Å². The largest absolute Gasteiger partial charge is 0.416 e. The van der Waals surface area contributed by atoms with Crippen molar-refractivity contribution in [2.75, 3.05) is 10.6 Å². The van der Waals surface area contributed by atoms with E-state index in [2.05, 4.69) is 0 Å². The third kappa shape index (κ3) is 6.00. The first-order chi connectivity index (χ1) is 16.5. The summed E-state index contributed by atoms with van der Waals surface area (Å²) in [6, 6.07) is 1.38. The van der Waals surface area contributed by atoms with Crippen molar-refractivity contribution < 1.29 is 62.3 Å². The first kappa shape index (κ1) is 30.3. The van der Waals surface area contributed by atoms with Crippen molar-refractivity contribution in [2.24, 2.45) is 0 Å². The normalized spacial score (nSPS) is 13.4. The second-order valence-electron chi connectivity index (χ2n) is 7.02. The van der Waals surface area contributed by atoms with Gasteiger partial charge in [0, 0.05) is 0 Å². The number of carbonyl (C=O) groups excluding carboxylic acids is 2. The Kier molecular flexibility index (Phi) is 8.02. The number of hydrogen-bond acceptors (Lipinski definition) is 2. The third-order valence-corrected chi connectivity index (χ3v) is 5.10. The number of carbonyl (C=O) groups is 2. The van der Waals surface area contributed by atoms with Crippen LogP contribution in [0.15, 0.2) is 36.4 Å². The standard InChI is InChI=1S/C19H8Cl2F12N2O2/c20-9-3-1-7(17(26,27)28)5-11(9)34-13(36)15(22,23)19(32,33)16(24,25)14(37)35-12-6-8(18(29,30)31)2-4-10(12)21/h1-6H,(H,34,36)(H,35,37). The fourth-order valence-corrected chi connectivity index (χ4v) is 2.81. The second-order valence-corrected chi connectivity index (χ2v) is 7.83. The molecule has 0 bridgehead atoms. The zero-order valence-corrected chi connectivity index (χ0v) is 18.6. The maximum atomic E-state index is 14.2. The Bertz CT molecular complexity index is 1120. The molecule has 0 atom stereocenters. The van der Waals surface area contributed by atoms with Gasteiger partial charge in [0.2, 0.25) is 0 Å². The van der Waals surface area contributed by atoms with Gasteiger partial charge in [0.25, 0.3) is 0 Å². The van der Waals surface area contributed by atoms with E-state index in [4.69, 9.17) is 23.2 Å². The number of alkyl halides is 12. The van der Waals surface area contributed by atoms with Gasteiger partial charge in [-0.05, 0) is 36.4 Å². The van der Waals surface area contributed by atoms with E-state index in [0.717, 1.165) is 10.6 Å². The van der Waals surface area contributed by atoms with Gasteiger partial charge in [-0.1, -0.05) is 23.2 Å². The van der Waals surface area contributed by atoms with Gasteiger partial charge in [-0.3, -0.25) is 9.59 Å². The molecule has 2 aromatic carbocycles. The summed E-state index contributed by atoms with van der Waals surface area (Å²) in [6.07, 6.45) is -10.2. The minimum atomic E-state index is -6.88. The molecule has 204 valence electrons. The molecule has 2 aromatic rings. The Balaban J connectivity index is 2.37. The summed E-state index contributed by atoms with van der Waals surface area (Å²) < 4.78 is 162. The van der Waals surface area contributed by atoms with Gasteiger partial charge in [0.15, 0.2) is 0 Å². The molecule has 18 heteroatoms. The van der Waals surface area contributed by atoms with Gasteiger partial charge in [0.05, 0.1) is 32.5 Å². The fourth-order valence-electron chi connectivity index (χ4n) is 2.48. The van der Waals surface area contributed by atoms with E-state index in [1.807, 2.05) is 0 Å². The topological polar surface area (TPSA) is 58.2 Å². The van der Waals surface area contributed by atoms with Crippen molar-refractivity contribution in [3.63, 3.8) is 0 Å². The predicted molar refractivity (Wildman–Crippen MR) is 105 cm³/mol. The van der Waals surface area contributed by atoms with Gasteiger partial charge in [-0.15, -0.1) is 0 Å². The van der Waals surface area contributed by atoms with Crippen molar-refractivity contribution in [3.8, 4) is 0 Å². The van der Waals surface area contributed by atoms with Gasteiger partial charge < -0.3 is 10.6 Å². The molecule has 0 aliphatic rings. The lowest BCUT2D eigenvalue weighted by molar-refractivity contribution is -0.283. The SMILES string of the molecule is O=C(Nc1cc(C(F)(F)F)ccc1Cl)C(F)(F)C(F)(F)C(F)(F)C(=O)Nc1cc(C(F)(F)F)ccc1Cl. The first-order valence-corrected chi connectivity index (χ1v) is 9.79. The highest BCUT2D eigenvalue weighted by Gasteiger charge is 2.78. The van der Waals surface area contributed by atoms with Crippen molar-refractivity contribution in [1.29, 1.82) is 0 Å². The van der Waals surface area contributed by atoms with Crippen LogP contribution in [-0.2, 0) is 21.9 Å². The van der Waals surface area contributed by atoms with Crippen LogP contribution in [0.2, 0.25) is 10.0 Å². The number of anilines is 2. The summed E-state index contributed by atoms with van der Waals surface area (Å²) in [5, 5.41) is -0.0681. The van der Waals surface area contributed by atoms with Crippen LogP contribution in [0.1, 0.15) is 11.1 Å². The summed E-state index contributed by atoms with van der Waals surface area (Å²) in [6.45, 7) is 0. The smallest absolute Gasteiger partial charge is 0.319 e. The van der Waals surface area contributed by atoms with E-state index >= 15 is 0 Å². The van der Waals surface area contributed by atoms with E-state index in [9.17, 15) is 62.3 Å². The average Bonchev–Trinajstić information content (AvgIpc) is 2.74. The Morgan fingerprint density at radius 1 is 0.568 bits per heavy atom. The average molecular weight is 595 g/mol. The lowest BCUT2D eigenvalue weighted by atomic mass is 10.0. The lowest BCUT2D eigenvalue weighted by Crippen LogP contribution is -2.63. The molecule has 0 aromatic heterocycles. The molecule has 0 fully saturated rings. The Labute approximate surface area is 207 Å². The Morgan fingerprint density at radius 2 is 0.865 bits per heavy atom. The molecule has 0 saturated heterocycles. The molecule has 2 rings (SSSR count). The van der Waals surface area contributed by atoms with Crippen LogP contribution in [0.5, 0.6) is 0 Å². The predicted octanol–water partition coefficient (Wildman–Crippen LogP) is 7.51. The molecular weight excluding hydrogens is 587 g/mol. The zero-order valence-electron chi connectivity index (χ0n) is 17.1. The van der Waals surface area contributed by atoms with E-state index in [1.165, 1.54) is 0 Å². The highest BCUT2D eigenvalue weighted by molar-refractivity contribution is 6.34. The quantitative estimate of drug-likeness (QED) is 0.340.